The predicted molar refractivity (Wildman–Crippen MR) is 176 cm³/mol. The van der Waals surface area contributed by atoms with Crippen molar-refractivity contribution in [3.63, 3.8) is 0 Å². The quantitative estimate of drug-likeness (QED) is 0.317. The van der Waals surface area contributed by atoms with Crippen molar-refractivity contribution in [1.29, 1.82) is 0 Å². The molecule has 5 heteroatoms. The summed E-state index contributed by atoms with van der Waals surface area (Å²) in [4.78, 5) is 25.9. The Morgan fingerprint density at radius 2 is 1.07 bits per heavy atom. The van der Waals surface area contributed by atoms with Crippen LogP contribution in [0, 0.1) is 101 Å². The summed E-state index contributed by atoms with van der Waals surface area (Å²) >= 11 is 0. The van der Waals surface area contributed by atoms with Gasteiger partial charge in [0.25, 0.3) is 0 Å². The fourth-order valence-corrected chi connectivity index (χ4v) is 15.4. The molecule has 0 aromatic rings. The van der Waals surface area contributed by atoms with E-state index < -0.39 is 5.60 Å². The van der Waals surface area contributed by atoms with Gasteiger partial charge in [0.05, 0.1) is 17.4 Å². The van der Waals surface area contributed by atoms with E-state index in [9.17, 15) is 14.7 Å². The summed E-state index contributed by atoms with van der Waals surface area (Å²) in [5.74, 6) is 11.0. The molecule has 12 rings (SSSR count). The summed E-state index contributed by atoms with van der Waals surface area (Å²) in [7, 11) is 0. The van der Waals surface area contributed by atoms with E-state index in [0.717, 1.165) is 67.6 Å². The van der Waals surface area contributed by atoms with E-state index in [0.29, 0.717) is 53.3 Å². The minimum absolute atomic E-state index is 0.0979. The van der Waals surface area contributed by atoms with Crippen molar-refractivity contribution >= 4 is 11.9 Å². The summed E-state index contributed by atoms with van der Waals surface area (Å²) in [6, 6.07) is 0. The van der Waals surface area contributed by atoms with Gasteiger partial charge in [-0.2, -0.15) is 0 Å². The first kappa shape index (κ1) is 30.9. The van der Waals surface area contributed by atoms with Crippen LogP contribution in [0.3, 0.4) is 0 Å². The summed E-state index contributed by atoms with van der Waals surface area (Å²) in [6.07, 6.45) is 16.6. The zero-order chi connectivity index (χ0) is 31.9. The van der Waals surface area contributed by atoms with Crippen LogP contribution in [0.5, 0.6) is 0 Å². The third-order valence-electron chi connectivity index (χ3n) is 17.9. The molecule has 46 heavy (non-hydrogen) atoms. The minimum atomic E-state index is -0.435. The molecule has 12 unspecified atom stereocenters. The van der Waals surface area contributed by atoms with Crippen LogP contribution in [0.1, 0.15) is 125 Å². The molecule has 12 atom stereocenters. The lowest BCUT2D eigenvalue weighted by atomic mass is 9.50. The molecule has 12 bridgehead atoms. The maximum Gasteiger partial charge on any atom is 0.309 e. The first-order chi connectivity index (χ1) is 21.9. The smallest absolute Gasteiger partial charge is 0.309 e. The predicted octanol–water partition coefficient (Wildman–Crippen LogP) is 8.07. The highest BCUT2D eigenvalue weighted by atomic mass is 16.6. The van der Waals surface area contributed by atoms with E-state index in [1.165, 1.54) is 57.8 Å². The number of carbonyl (C=O) groups excluding carboxylic acids is 2. The number of esters is 2. The number of carbonyl (C=O) groups is 2. The molecule has 0 saturated heterocycles. The van der Waals surface area contributed by atoms with Crippen molar-refractivity contribution in [2.24, 2.45) is 101 Å². The van der Waals surface area contributed by atoms with Crippen LogP contribution >= 0.6 is 0 Å². The molecule has 5 nitrogen and oxygen atoms in total. The third kappa shape index (κ3) is 4.68. The van der Waals surface area contributed by atoms with Gasteiger partial charge in [-0.1, -0.05) is 27.7 Å². The first-order valence-corrected chi connectivity index (χ1v) is 20.0. The van der Waals surface area contributed by atoms with Crippen LogP contribution in [-0.4, -0.2) is 34.4 Å². The standard InChI is InChI=1S/C21H32O2.C20H30O3/c1-11-12(2)18-9-15(11)10-19(18)20(22)23-21(3)16-5-13-4-14(7-16)8-17(21)6-13;1-10-11(2)16-5-13(10)6-17(16)19(21)23-18-14-3-12-4-15(18)9-20(22,7-12)8-14/h11-19H,4-10H2,1-3H3;10-18,22H,3-9H2,1-2H3. The zero-order valence-electron chi connectivity index (χ0n) is 29.4. The van der Waals surface area contributed by atoms with Gasteiger partial charge in [-0.05, 0) is 186 Å². The summed E-state index contributed by atoms with van der Waals surface area (Å²) in [6.45, 7) is 11.7. The number of hydrogen-bond acceptors (Lipinski definition) is 5. The first-order valence-electron chi connectivity index (χ1n) is 20.0. The van der Waals surface area contributed by atoms with Gasteiger partial charge in [-0.15, -0.1) is 0 Å². The molecule has 0 aliphatic heterocycles. The summed E-state index contributed by atoms with van der Waals surface area (Å²) in [5, 5.41) is 10.7. The van der Waals surface area contributed by atoms with Gasteiger partial charge in [0.2, 0.25) is 0 Å². The number of aliphatic hydroxyl groups is 1. The Bertz CT molecular complexity index is 1190. The fraction of sp³-hybridized carbons (Fsp3) is 0.951. The lowest BCUT2D eigenvalue weighted by Gasteiger charge is -2.59. The van der Waals surface area contributed by atoms with Crippen molar-refractivity contribution in [3.8, 4) is 0 Å². The van der Waals surface area contributed by atoms with E-state index in [1.54, 1.807) is 0 Å². The van der Waals surface area contributed by atoms with Gasteiger partial charge in [-0.3, -0.25) is 9.59 Å². The van der Waals surface area contributed by atoms with Gasteiger partial charge in [0.1, 0.15) is 11.7 Å². The highest BCUT2D eigenvalue weighted by molar-refractivity contribution is 5.74. The Kier molecular flexibility index (Phi) is 7.19. The van der Waals surface area contributed by atoms with Crippen molar-refractivity contribution in [3.05, 3.63) is 0 Å². The van der Waals surface area contributed by atoms with E-state index in [2.05, 4.69) is 34.6 Å². The minimum Gasteiger partial charge on any atom is -0.462 e. The number of ether oxygens (including phenoxy) is 2. The second kappa shape index (κ2) is 10.7. The normalized spacial score (nSPS) is 59.5. The van der Waals surface area contributed by atoms with Crippen LogP contribution in [0.25, 0.3) is 0 Å². The molecule has 12 saturated carbocycles. The molecule has 12 aliphatic rings. The lowest BCUT2D eigenvalue weighted by Crippen LogP contribution is -2.58. The molecule has 0 radical (unpaired) electrons. The van der Waals surface area contributed by atoms with Crippen LogP contribution in [0.4, 0.5) is 0 Å². The van der Waals surface area contributed by atoms with Crippen LogP contribution in [-0.2, 0) is 19.1 Å². The number of hydrogen-bond donors (Lipinski definition) is 1. The van der Waals surface area contributed by atoms with Gasteiger partial charge >= 0.3 is 11.9 Å². The topological polar surface area (TPSA) is 72.8 Å². The second-order valence-electron chi connectivity index (χ2n) is 19.9. The van der Waals surface area contributed by atoms with Gasteiger partial charge < -0.3 is 14.6 Å². The molecule has 12 fully saturated rings. The van der Waals surface area contributed by atoms with E-state index >= 15 is 0 Å². The molecular formula is C41H62O5. The van der Waals surface area contributed by atoms with E-state index in [-0.39, 0.29) is 35.5 Å². The molecule has 0 aromatic carbocycles. The molecule has 12 aliphatic carbocycles. The summed E-state index contributed by atoms with van der Waals surface area (Å²) < 4.78 is 12.5. The summed E-state index contributed by atoms with van der Waals surface area (Å²) in [5.41, 5.74) is -0.572. The molecular weight excluding hydrogens is 572 g/mol. The monoisotopic (exact) mass is 634 g/mol. The maximum atomic E-state index is 13.1. The Labute approximate surface area is 278 Å². The molecule has 0 heterocycles. The highest BCUT2D eigenvalue weighted by Gasteiger charge is 2.60. The highest BCUT2D eigenvalue weighted by Crippen LogP contribution is 2.62. The average molecular weight is 635 g/mol. The van der Waals surface area contributed by atoms with Gasteiger partial charge in [-0.25, -0.2) is 0 Å². The van der Waals surface area contributed by atoms with E-state index in [4.69, 9.17) is 9.47 Å². The number of fused-ring (bicyclic) bond motifs is 4. The SMILES string of the molecule is CC1C2CC(C(=O)OC3(C)C4CC5CC(C4)CC3C5)C(C2)C1C.CC1C2CC(C(=O)OC3C4CC5CC3CC(O)(C5)C4)C(C2)C1C. The third-order valence-corrected chi connectivity index (χ3v) is 17.9. The number of rotatable bonds is 4. The lowest BCUT2D eigenvalue weighted by molar-refractivity contribution is -0.209. The van der Waals surface area contributed by atoms with Crippen molar-refractivity contribution in [1.82, 2.24) is 0 Å². The Morgan fingerprint density at radius 1 is 0.565 bits per heavy atom. The fourth-order valence-electron chi connectivity index (χ4n) is 15.4. The zero-order valence-corrected chi connectivity index (χ0v) is 29.4. The largest absolute Gasteiger partial charge is 0.462 e. The molecule has 256 valence electrons. The molecule has 0 amide bonds. The van der Waals surface area contributed by atoms with Crippen LogP contribution in [0.15, 0.2) is 0 Å². The molecule has 0 aromatic heterocycles. The maximum absolute atomic E-state index is 13.1. The van der Waals surface area contributed by atoms with Crippen LogP contribution < -0.4 is 0 Å². The Balaban J connectivity index is 0.000000127. The average Bonchev–Trinajstić information content (AvgIpc) is 3.76. The van der Waals surface area contributed by atoms with Crippen molar-refractivity contribution in [2.75, 3.05) is 0 Å². The van der Waals surface area contributed by atoms with Crippen LogP contribution in [0.2, 0.25) is 0 Å². The van der Waals surface area contributed by atoms with Crippen molar-refractivity contribution in [2.45, 2.75) is 142 Å². The molecule has 1 N–H and O–H groups in total. The molecule has 0 spiro atoms. The Hall–Kier alpha value is -1.10. The van der Waals surface area contributed by atoms with E-state index in [1.807, 2.05) is 0 Å². The van der Waals surface area contributed by atoms with Gasteiger partial charge in [0.15, 0.2) is 0 Å². The Morgan fingerprint density at radius 3 is 1.52 bits per heavy atom. The van der Waals surface area contributed by atoms with Gasteiger partial charge in [0, 0.05) is 0 Å². The second-order valence-corrected chi connectivity index (χ2v) is 19.9. The van der Waals surface area contributed by atoms with Crippen molar-refractivity contribution < 1.29 is 24.2 Å².